The molecule has 0 amide bonds. The van der Waals surface area contributed by atoms with Crippen LogP contribution in [0.2, 0.25) is 0 Å². The summed E-state index contributed by atoms with van der Waals surface area (Å²) in [6, 6.07) is 14.0. The number of piperidine rings is 1. The standard InChI is InChI=1S/C25H25F3N4O2S/c1-16-6-2-3-9-19(16)24-20(25(26,27)28)14-15-21(29-24)31-35(33,34)23-11-5-10-22(30-23)32-17-7-4-8-18(32)13-12-17/h2-3,5-6,9-11,14-15,17-18H,4,7-8,12-13H2,1H3,(H,29,31). The number of pyridine rings is 2. The highest BCUT2D eigenvalue weighted by Gasteiger charge is 2.38. The van der Waals surface area contributed by atoms with E-state index in [-0.39, 0.29) is 22.1 Å². The Kier molecular flexibility index (Phi) is 5.94. The van der Waals surface area contributed by atoms with Crippen molar-refractivity contribution in [1.29, 1.82) is 0 Å². The predicted octanol–water partition coefficient (Wildman–Crippen LogP) is 5.79. The van der Waals surface area contributed by atoms with Gasteiger partial charge in [-0.25, -0.2) is 9.97 Å². The van der Waals surface area contributed by atoms with Crippen molar-refractivity contribution in [2.24, 2.45) is 0 Å². The quantitative estimate of drug-likeness (QED) is 0.478. The summed E-state index contributed by atoms with van der Waals surface area (Å²) in [6.45, 7) is 1.68. The number of sulfonamides is 1. The van der Waals surface area contributed by atoms with Crippen LogP contribution in [0.1, 0.15) is 43.2 Å². The summed E-state index contributed by atoms with van der Waals surface area (Å²) in [5, 5.41) is -0.195. The Bertz CT molecular complexity index is 1340. The van der Waals surface area contributed by atoms with E-state index in [2.05, 4.69) is 19.6 Å². The maximum absolute atomic E-state index is 13.7. The van der Waals surface area contributed by atoms with Crippen molar-refractivity contribution in [2.75, 3.05) is 9.62 Å². The number of benzene rings is 1. The Labute approximate surface area is 202 Å². The molecule has 2 fully saturated rings. The molecule has 2 aromatic heterocycles. The fraction of sp³-hybridized carbons (Fsp3) is 0.360. The van der Waals surface area contributed by atoms with Crippen LogP contribution in [-0.2, 0) is 16.2 Å². The van der Waals surface area contributed by atoms with Gasteiger partial charge in [-0.3, -0.25) is 4.72 Å². The van der Waals surface area contributed by atoms with Crippen LogP contribution in [0, 0.1) is 6.92 Å². The van der Waals surface area contributed by atoms with Crippen LogP contribution in [0.5, 0.6) is 0 Å². The van der Waals surface area contributed by atoms with E-state index in [0.717, 1.165) is 44.2 Å². The smallest absolute Gasteiger partial charge is 0.351 e. The van der Waals surface area contributed by atoms with Gasteiger partial charge in [0.2, 0.25) is 0 Å². The zero-order valence-electron chi connectivity index (χ0n) is 19.1. The molecule has 6 nitrogen and oxygen atoms in total. The first kappa shape index (κ1) is 23.6. The number of halogens is 3. The molecule has 0 radical (unpaired) electrons. The lowest BCUT2D eigenvalue weighted by molar-refractivity contribution is -0.137. The Morgan fingerprint density at radius 1 is 0.914 bits per heavy atom. The lowest BCUT2D eigenvalue weighted by Gasteiger charge is -2.35. The molecule has 2 atom stereocenters. The Balaban J connectivity index is 1.48. The lowest BCUT2D eigenvalue weighted by Crippen LogP contribution is -2.40. The predicted molar refractivity (Wildman–Crippen MR) is 128 cm³/mol. The number of nitrogens with one attached hydrogen (secondary N) is 1. The molecule has 2 aliphatic rings. The normalized spacial score (nSPS) is 20.2. The maximum atomic E-state index is 13.7. The maximum Gasteiger partial charge on any atom is 0.418 e. The van der Waals surface area contributed by atoms with Gasteiger partial charge in [0, 0.05) is 17.6 Å². The van der Waals surface area contributed by atoms with Gasteiger partial charge in [-0.1, -0.05) is 30.3 Å². The highest BCUT2D eigenvalue weighted by atomic mass is 32.2. The molecule has 3 aromatic rings. The van der Waals surface area contributed by atoms with E-state index in [1.807, 2.05) is 6.07 Å². The van der Waals surface area contributed by atoms with E-state index in [4.69, 9.17) is 0 Å². The van der Waals surface area contributed by atoms with E-state index >= 15 is 0 Å². The number of hydrogen-bond acceptors (Lipinski definition) is 5. The zero-order chi connectivity index (χ0) is 24.8. The highest BCUT2D eigenvalue weighted by Crippen LogP contribution is 2.39. The first-order chi connectivity index (χ1) is 16.6. The number of aromatic nitrogens is 2. The summed E-state index contributed by atoms with van der Waals surface area (Å²) >= 11 is 0. The molecule has 2 bridgehead atoms. The van der Waals surface area contributed by atoms with Gasteiger partial charge < -0.3 is 4.90 Å². The molecule has 184 valence electrons. The second-order valence-corrected chi connectivity index (χ2v) is 10.7. The van der Waals surface area contributed by atoms with Crippen molar-refractivity contribution in [3.05, 3.63) is 65.7 Å². The molecule has 35 heavy (non-hydrogen) atoms. The van der Waals surface area contributed by atoms with E-state index in [9.17, 15) is 21.6 Å². The van der Waals surface area contributed by atoms with Gasteiger partial charge in [-0.15, -0.1) is 0 Å². The van der Waals surface area contributed by atoms with Gasteiger partial charge in [-0.2, -0.15) is 21.6 Å². The van der Waals surface area contributed by atoms with Gasteiger partial charge in [0.25, 0.3) is 10.0 Å². The molecule has 1 N–H and O–H groups in total. The minimum absolute atomic E-state index is 0.195. The Morgan fingerprint density at radius 3 is 2.31 bits per heavy atom. The molecular formula is C25H25F3N4O2S. The summed E-state index contributed by atoms with van der Waals surface area (Å²) in [4.78, 5) is 10.7. The van der Waals surface area contributed by atoms with Crippen LogP contribution >= 0.6 is 0 Å². The Hall–Kier alpha value is -3.14. The number of fused-ring (bicyclic) bond motifs is 2. The minimum Gasteiger partial charge on any atom is -0.351 e. The van der Waals surface area contributed by atoms with Crippen molar-refractivity contribution < 1.29 is 21.6 Å². The highest BCUT2D eigenvalue weighted by molar-refractivity contribution is 7.92. The first-order valence-corrected chi connectivity index (χ1v) is 13.0. The van der Waals surface area contributed by atoms with E-state index in [0.29, 0.717) is 23.5 Å². The van der Waals surface area contributed by atoms with Gasteiger partial charge in [0.15, 0.2) is 5.03 Å². The van der Waals surface area contributed by atoms with Crippen LogP contribution < -0.4 is 9.62 Å². The molecule has 2 saturated heterocycles. The molecule has 0 saturated carbocycles. The van der Waals surface area contributed by atoms with Crippen LogP contribution in [0.15, 0.2) is 59.6 Å². The molecule has 0 aliphatic carbocycles. The van der Waals surface area contributed by atoms with Gasteiger partial charge >= 0.3 is 6.18 Å². The van der Waals surface area contributed by atoms with Crippen LogP contribution in [0.4, 0.5) is 24.8 Å². The molecule has 5 rings (SSSR count). The summed E-state index contributed by atoms with van der Waals surface area (Å²) in [5.74, 6) is 0.405. The number of hydrogen-bond donors (Lipinski definition) is 1. The topological polar surface area (TPSA) is 75.2 Å². The lowest BCUT2D eigenvalue weighted by atomic mass is 10.0. The third-order valence-corrected chi connectivity index (χ3v) is 8.04. The van der Waals surface area contributed by atoms with E-state index in [1.165, 1.54) is 12.1 Å². The fourth-order valence-corrected chi connectivity index (χ4v) is 6.13. The van der Waals surface area contributed by atoms with Crippen LogP contribution in [-0.4, -0.2) is 30.5 Å². The first-order valence-electron chi connectivity index (χ1n) is 11.6. The van der Waals surface area contributed by atoms with E-state index in [1.54, 1.807) is 31.2 Å². The number of nitrogens with zero attached hydrogens (tertiary/aromatic N) is 3. The van der Waals surface area contributed by atoms with Gasteiger partial charge in [0.05, 0.1) is 11.3 Å². The third-order valence-electron chi connectivity index (χ3n) is 6.78. The summed E-state index contributed by atoms with van der Waals surface area (Å²) in [5.41, 5.74) is -0.393. The second-order valence-electron chi connectivity index (χ2n) is 9.07. The molecule has 2 aliphatic heterocycles. The minimum atomic E-state index is -4.65. The molecule has 2 unspecified atom stereocenters. The van der Waals surface area contributed by atoms with Crippen molar-refractivity contribution in [1.82, 2.24) is 9.97 Å². The van der Waals surface area contributed by atoms with Crippen molar-refractivity contribution >= 4 is 21.7 Å². The largest absolute Gasteiger partial charge is 0.418 e. The average Bonchev–Trinajstić information content (AvgIpc) is 3.06. The van der Waals surface area contributed by atoms with E-state index < -0.39 is 21.8 Å². The van der Waals surface area contributed by atoms with Gasteiger partial charge in [0.1, 0.15) is 11.6 Å². The molecule has 4 heterocycles. The molecule has 0 spiro atoms. The van der Waals surface area contributed by atoms with Gasteiger partial charge in [-0.05, 0) is 68.9 Å². The second kappa shape index (κ2) is 8.82. The Morgan fingerprint density at radius 2 is 1.63 bits per heavy atom. The molecule has 1 aromatic carbocycles. The van der Waals surface area contributed by atoms with Crippen molar-refractivity contribution in [2.45, 2.75) is 62.3 Å². The summed E-state index contributed by atoms with van der Waals surface area (Å²) < 4.78 is 69.7. The summed E-state index contributed by atoms with van der Waals surface area (Å²) in [6.07, 6.45) is 0.770. The number of alkyl halides is 3. The number of aryl methyl sites for hydroxylation is 1. The molecular weight excluding hydrogens is 477 g/mol. The van der Waals surface area contributed by atoms with Crippen molar-refractivity contribution in [3.63, 3.8) is 0 Å². The number of rotatable bonds is 5. The van der Waals surface area contributed by atoms with Crippen LogP contribution in [0.25, 0.3) is 11.3 Å². The van der Waals surface area contributed by atoms with Crippen LogP contribution in [0.3, 0.4) is 0 Å². The zero-order valence-corrected chi connectivity index (χ0v) is 19.9. The average molecular weight is 503 g/mol. The third kappa shape index (κ3) is 4.59. The molecule has 10 heteroatoms. The SMILES string of the molecule is Cc1ccccc1-c1nc(NS(=O)(=O)c2cccc(N3C4CCCC3CC4)n2)ccc1C(F)(F)F. The fourth-order valence-electron chi connectivity index (χ4n) is 5.17. The monoisotopic (exact) mass is 502 g/mol. The number of anilines is 2. The van der Waals surface area contributed by atoms with Crippen molar-refractivity contribution in [3.8, 4) is 11.3 Å². The summed E-state index contributed by atoms with van der Waals surface area (Å²) in [7, 11) is -4.18.